The molecule has 90 valence electrons. The van der Waals surface area contributed by atoms with Crippen molar-refractivity contribution in [3.05, 3.63) is 18.2 Å². The van der Waals surface area contributed by atoms with E-state index in [1.807, 2.05) is 6.07 Å². The second kappa shape index (κ2) is 3.58. The van der Waals surface area contributed by atoms with Gasteiger partial charge in [0.1, 0.15) is 11.9 Å². The minimum atomic E-state index is -2.40. The maximum atomic E-state index is 12.9. The van der Waals surface area contributed by atoms with Gasteiger partial charge in [-0.05, 0) is 24.6 Å². The number of benzene rings is 1. The zero-order valence-electron chi connectivity index (χ0n) is 9.03. The molecule has 1 aromatic carbocycles. The average Bonchev–Trinajstić information content (AvgIpc) is 2.65. The first-order valence-electron chi connectivity index (χ1n) is 5.46. The van der Waals surface area contributed by atoms with Crippen LogP contribution in [-0.2, 0) is 0 Å². The molecule has 2 heterocycles. The van der Waals surface area contributed by atoms with Gasteiger partial charge < -0.3 is 11.1 Å². The number of nitrogens with one attached hydrogen (secondary N) is 1. The fraction of sp³-hybridized carbons (Fsp3) is 0.364. The Morgan fingerprint density at radius 1 is 1.47 bits per heavy atom. The molecule has 0 aliphatic carbocycles. The van der Waals surface area contributed by atoms with E-state index in [2.05, 4.69) is 10.4 Å². The molecule has 0 fully saturated rings. The summed E-state index contributed by atoms with van der Waals surface area (Å²) in [7, 11) is 0. The highest BCUT2D eigenvalue weighted by atomic mass is 19.3. The molecule has 0 saturated carbocycles. The van der Waals surface area contributed by atoms with Crippen LogP contribution in [-0.4, -0.2) is 22.8 Å². The number of halogens is 2. The maximum Gasteiger partial charge on any atom is 0.260 e. The van der Waals surface area contributed by atoms with Gasteiger partial charge in [0.2, 0.25) is 0 Å². The molecular formula is C11H12F2N4. The molecule has 17 heavy (non-hydrogen) atoms. The van der Waals surface area contributed by atoms with E-state index in [4.69, 9.17) is 5.73 Å². The molecule has 1 unspecified atom stereocenters. The summed E-state index contributed by atoms with van der Waals surface area (Å²) in [6.07, 6.45) is -2.02. The largest absolute Gasteiger partial charge is 0.399 e. The number of fused-ring (bicyclic) bond motifs is 3. The third kappa shape index (κ3) is 1.51. The van der Waals surface area contributed by atoms with Gasteiger partial charge in [-0.15, -0.1) is 0 Å². The highest BCUT2D eigenvalue weighted by Gasteiger charge is 2.29. The van der Waals surface area contributed by atoms with Crippen molar-refractivity contribution in [2.45, 2.75) is 18.9 Å². The number of anilines is 2. The first kappa shape index (κ1) is 10.3. The predicted molar refractivity (Wildman–Crippen MR) is 62.3 cm³/mol. The van der Waals surface area contributed by atoms with E-state index in [-0.39, 0.29) is 0 Å². The lowest BCUT2D eigenvalue weighted by Crippen LogP contribution is -2.28. The van der Waals surface area contributed by atoms with Crippen molar-refractivity contribution < 1.29 is 8.78 Å². The Morgan fingerprint density at radius 3 is 3.06 bits per heavy atom. The number of hydrogen-bond donors (Lipinski definition) is 2. The summed E-state index contributed by atoms with van der Waals surface area (Å²) in [5.41, 5.74) is 6.90. The molecule has 1 aliphatic heterocycles. The predicted octanol–water partition coefficient (Wildman–Crippen LogP) is 2.24. The van der Waals surface area contributed by atoms with Crippen molar-refractivity contribution in [3.8, 4) is 0 Å². The summed E-state index contributed by atoms with van der Waals surface area (Å²) >= 11 is 0. The van der Waals surface area contributed by atoms with Crippen LogP contribution in [0.2, 0.25) is 0 Å². The fourth-order valence-electron chi connectivity index (χ4n) is 2.23. The molecule has 3 N–H and O–H groups in total. The van der Waals surface area contributed by atoms with Gasteiger partial charge in [0, 0.05) is 17.6 Å². The number of nitrogen functional groups attached to an aromatic ring is 1. The van der Waals surface area contributed by atoms with Crippen molar-refractivity contribution >= 4 is 22.4 Å². The summed E-state index contributed by atoms with van der Waals surface area (Å²) in [6.45, 7) is 0.542. The standard InChI is InChI=1S/C11H12F2N4/c12-10(13)9-3-4-15-11-7-2-1-6(14)5-8(7)16-17(9)11/h1-2,5,9-10,15H,3-4,14H2. The molecule has 0 amide bonds. The summed E-state index contributed by atoms with van der Waals surface area (Å²) in [5, 5.41) is 8.16. The summed E-state index contributed by atoms with van der Waals surface area (Å²) < 4.78 is 27.2. The van der Waals surface area contributed by atoms with E-state index in [0.717, 1.165) is 5.39 Å². The Hall–Kier alpha value is -1.85. The molecule has 0 spiro atoms. The van der Waals surface area contributed by atoms with E-state index in [1.54, 1.807) is 12.1 Å². The Morgan fingerprint density at radius 2 is 2.29 bits per heavy atom. The molecule has 1 atom stereocenters. The van der Waals surface area contributed by atoms with Crippen LogP contribution >= 0.6 is 0 Å². The lowest BCUT2D eigenvalue weighted by molar-refractivity contribution is 0.0719. The second-order valence-corrected chi connectivity index (χ2v) is 4.19. The van der Waals surface area contributed by atoms with Crippen LogP contribution in [0.25, 0.3) is 10.9 Å². The summed E-state index contributed by atoms with van der Waals surface area (Å²) in [4.78, 5) is 0. The van der Waals surface area contributed by atoms with Gasteiger partial charge in [0.05, 0.1) is 5.52 Å². The van der Waals surface area contributed by atoms with Gasteiger partial charge in [-0.1, -0.05) is 0 Å². The van der Waals surface area contributed by atoms with Gasteiger partial charge in [-0.2, -0.15) is 5.10 Å². The first-order chi connectivity index (χ1) is 8.16. The molecular weight excluding hydrogens is 226 g/mol. The summed E-state index contributed by atoms with van der Waals surface area (Å²) in [6, 6.07) is 4.41. The molecule has 1 aromatic heterocycles. The molecule has 4 nitrogen and oxygen atoms in total. The number of nitrogens with zero attached hydrogens (tertiary/aromatic N) is 2. The van der Waals surface area contributed by atoms with Gasteiger partial charge in [0.25, 0.3) is 6.43 Å². The normalized spacial score (nSPS) is 19.4. The third-order valence-electron chi connectivity index (χ3n) is 3.06. The number of hydrogen-bond acceptors (Lipinski definition) is 3. The quantitative estimate of drug-likeness (QED) is 0.749. The van der Waals surface area contributed by atoms with Gasteiger partial charge in [-0.3, -0.25) is 0 Å². The van der Waals surface area contributed by atoms with Crippen LogP contribution in [0.15, 0.2) is 18.2 Å². The van der Waals surface area contributed by atoms with E-state index >= 15 is 0 Å². The highest BCUT2D eigenvalue weighted by molar-refractivity contribution is 5.92. The van der Waals surface area contributed by atoms with Crippen LogP contribution in [0, 0.1) is 0 Å². The molecule has 3 rings (SSSR count). The van der Waals surface area contributed by atoms with Crippen LogP contribution in [0.5, 0.6) is 0 Å². The molecule has 6 heteroatoms. The van der Waals surface area contributed by atoms with Gasteiger partial charge >= 0.3 is 0 Å². The number of aromatic nitrogens is 2. The second-order valence-electron chi connectivity index (χ2n) is 4.19. The smallest absolute Gasteiger partial charge is 0.260 e. The zero-order chi connectivity index (χ0) is 12.0. The van der Waals surface area contributed by atoms with Crippen molar-refractivity contribution in [3.63, 3.8) is 0 Å². The van der Waals surface area contributed by atoms with Crippen molar-refractivity contribution in [2.75, 3.05) is 17.6 Å². The monoisotopic (exact) mass is 238 g/mol. The van der Waals surface area contributed by atoms with E-state index in [0.29, 0.717) is 30.0 Å². The Balaban J connectivity index is 2.21. The maximum absolute atomic E-state index is 12.9. The Labute approximate surface area is 96.4 Å². The molecule has 2 aromatic rings. The molecule has 0 radical (unpaired) electrons. The molecule has 0 saturated heterocycles. The first-order valence-corrected chi connectivity index (χ1v) is 5.46. The molecule has 0 bridgehead atoms. The van der Waals surface area contributed by atoms with Crippen LogP contribution in [0.3, 0.4) is 0 Å². The van der Waals surface area contributed by atoms with E-state index in [1.165, 1.54) is 4.68 Å². The van der Waals surface area contributed by atoms with Gasteiger partial charge in [0.15, 0.2) is 0 Å². The van der Waals surface area contributed by atoms with Crippen molar-refractivity contribution in [1.82, 2.24) is 9.78 Å². The molecule has 1 aliphatic rings. The summed E-state index contributed by atoms with van der Waals surface area (Å²) in [5.74, 6) is 0.663. The SMILES string of the molecule is Nc1ccc2c3n(nc2c1)C(C(F)F)CCN3. The Bertz CT molecular complexity index is 564. The Kier molecular flexibility index (Phi) is 2.17. The van der Waals surface area contributed by atoms with E-state index < -0.39 is 12.5 Å². The minimum Gasteiger partial charge on any atom is -0.399 e. The average molecular weight is 238 g/mol. The van der Waals surface area contributed by atoms with Crippen LogP contribution < -0.4 is 11.1 Å². The third-order valence-corrected chi connectivity index (χ3v) is 3.06. The fourth-order valence-corrected chi connectivity index (χ4v) is 2.23. The van der Waals surface area contributed by atoms with Crippen LogP contribution in [0.1, 0.15) is 12.5 Å². The zero-order valence-corrected chi connectivity index (χ0v) is 9.03. The van der Waals surface area contributed by atoms with E-state index in [9.17, 15) is 8.78 Å². The number of nitrogens with two attached hydrogens (primary N) is 1. The minimum absolute atomic E-state index is 0.383. The van der Waals surface area contributed by atoms with Crippen molar-refractivity contribution in [2.24, 2.45) is 0 Å². The van der Waals surface area contributed by atoms with Gasteiger partial charge in [-0.25, -0.2) is 13.5 Å². The van der Waals surface area contributed by atoms with Crippen molar-refractivity contribution in [1.29, 1.82) is 0 Å². The highest BCUT2D eigenvalue weighted by Crippen LogP contribution is 2.34. The topological polar surface area (TPSA) is 55.9 Å². The van der Waals surface area contributed by atoms with Crippen LogP contribution in [0.4, 0.5) is 20.3 Å². The lowest BCUT2D eigenvalue weighted by atomic mass is 10.1. The lowest BCUT2D eigenvalue weighted by Gasteiger charge is -2.24. The number of alkyl halides is 2. The number of rotatable bonds is 1.